The van der Waals surface area contributed by atoms with Crippen LogP contribution in [0.15, 0.2) is 43.0 Å². The molecule has 2 aromatic rings. The maximum Gasteiger partial charge on any atom is 0.319 e. The molecule has 1 saturated heterocycles. The van der Waals surface area contributed by atoms with Crippen molar-refractivity contribution in [1.82, 2.24) is 19.9 Å². The van der Waals surface area contributed by atoms with E-state index in [1.54, 1.807) is 0 Å². The number of likely N-dealkylation sites (tertiary alicyclic amines) is 1. The Balaban J connectivity index is 0.00000192. The van der Waals surface area contributed by atoms with Crippen molar-refractivity contribution in [3.8, 4) is 6.01 Å². The van der Waals surface area contributed by atoms with Gasteiger partial charge in [0.25, 0.3) is 0 Å². The third-order valence-electron chi connectivity index (χ3n) is 4.18. The maximum absolute atomic E-state index is 5.50. The van der Waals surface area contributed by atoms with Gasteiger partial charge in [0.1, 0.15) is 12.7 Å². The van der Waals surface area contributed by atoms with Gasteiger partial charge in [0.05, 0.1) is 6.61 Å². The number of hydrogen-bond donors (Lipinski definition) is 0. The van der Waals surface area contributed by atoms with Gasteiger partial charge in [-0.2, -0.15) is 9.97 Å². The molecule has 6 heteroatoms. The van der Waals surface area contributed by atoms with Crippen LogP contribution in [0.1, 0.15) is 30.7 Å². The first-order valence-corrected chi connectivity index (χ1v) is 7.94. The van der Waals surface area contributed by atoms with E-state index < -0.39 is 0 Å². The summed E-state index contributed by atoms with van der Waals surface area (Å²) in [5, 5.41) is 0. The number of aromatic nitrogens is 3. The molecule has 1 fully saturated rings. The van der Waals surface area contributed by atoms with Crippen molar-refractivity contribution in [1.29, 1.82) is 0 Å². The van der Waals surface area contributed by atoms with Gasteiger partial charge in [0, 0.05) is 6.54 Å². The van der Waals surface area contributed by atoms with Crippen molar-refractivity contribution in [2.75, 3.05) is 26.2 Å². The molecule has 0 saturated carbocycles. The Morgan fingerprint density at radius 3 is 2.43 bits per heavy atom. The van der Waals surface area contributed by atoms with E-state index in [1.807, 2.05) is 0 Å². The predicted octanol–water partition coefficient (Wildman–Crippen LogP) is 2.94. The lowest BCUT2D eigenvalue weighted by molar-refractivity contribution is 0.189. The van der Waals surface area contributed by atoms with Crippen LogP contribution < -0.4 is 4.74 Å². The second kappa shape index (κ2) is 9.43. The molecule has 23 heavy (non-hydrogen) atoms. The first-order chi connectivity index (χ1) is 10.9. The van der Waals surface area contributed by atoms with Crippen molar-refractivity contribution in [2.45, 2.75) is 25.2 Å². The second-order valence-electron chi connectivity index (χ2n) is 5.65. The number of piperidine rings is 1. The number of halogens is 1. The summed E-state index contributed by atoms with van der Waals surface area (Å²) >= 11 is 0. The van der Waals surface area contributed by atoms with Crippen LogP contribution in [0.25, 0.3) is 0 Å². The second-order valence-corrected chi connectivity index (χ2v) is 5.65. The third-order valence-corrected chi connectivity index (χ3v) is 4.18. The molecule has 1 aliphatic heterocycles. The van der Waals surface area contributed by atoms with Gasteiger partial charge in [-0.15, -0.1) is 12.4 Å². The lowest BCUT2D eigenvalue weighted by Crippen LogP contribution is -2.34. The Morgan fingerprint density at radius 2 is 1.74 bits per heavy atom. The molecule has 0 amide bonds. The Bertz CT molecular complexity index is 547. The van der Waals surface area contributed by atoms with Gasteiger partial charge in [0.2, 0.25) is 0 Å². The number of ether oxygens (including phenoxy) is 1. The van der Waals surface area contributed by atoms with Crippen LogP contribution in [0.5, 0.6) is 6.01 Å². The lowest BCUT2D eigenvalue weighted by atomic mass is 9.89. The quantitative estimate of drug-likeness (QED) is 0.760. The smallest absolute Gasteiger partial charge is 0.319 e. The number of hydrogen-bond acceptors (Lipinski definition) is 5. The van der Waals surface area contributed by atoms with Gasteiger partial charge in [-0.1, -0.05) is 30.3 Å². The van der Waals surface area contributed by atoms with E-state index in [0.717, 1.165) is 18.9 Å². The molecule has 0 atom stereocenters. The van der Waals surface area contributed by atoms with Crippen molar-refractivity contribution in [3.05, 3.63) is 48.5 Å². The molecule has 1 aromatic carbocycles. The number of benzene rings is 1. The molecule has 0 radical (unpaired) electrons. The fourth-order valence-electron chi connectivity index (χ4n) is 2.97. The summed E-state index contributed by atoms with van der Waals surface area (Å²) in [4.78, 5) is 14.2. The van der Waals surface area contributed by atoms with E-state index in [0.29, 0.717) is 12.6 Å². The van der Waals surface area contributed by atoms with Crippen LogP contribution in [0.4, 0.5) is 0 Å². The average Bonchev–Trinajstić information content (AvgIpc) is 2.61. The Labute approximate surface area is 143 Å². The average molecular weight is 335 g/mol. The summed E-state index contributed by atoms with van der Waals surface area (Å²) < 4.78 is 5.50. The first-order valence-electron chi connectivity index (χ1n) is 7.94. The number of nitrogens with zero attached hydrogens (tertiary/aromatic N) is 4. The van der Waals surface area contributed by atoms with Crippen LogP contribution in [-0.2, 0) is 0 Å². The van der Waals surface area contributed by atoms with Crippen molar-refractivity contribution < 1.29 is 4.74 Å². The van der Waals surface area contributed by atoms with Gasteiger partial charge in [-0.3, -0.25) is 0 Å². The largest absolute Gasteiger partial charge is 0.463 e. The maximum atomic E-state index is 5.50. The molecule has 1 aliphatic rings. The van der Waals surface area contributed by atoms with Crippen molar-refractivity contribution >= 4 is 12.4 Å². The van der Waals surface area contributed by atoms with Gasteiger partial charge < -0.3 is 9.64 Å². The Morgan fingerprint density at radius 1 is 1.04 bits per heavy atom. The summed E-state index contributed by atoms with van der Waals surface area (Å²) in [7, 11) is 0. The van der Waals surface area contributed by atoms with E-state index in [1.165, 1.54) is 44.1 Å². The molecule has 0 bridgehead atoms. The lowest BCUT2D eigenvalue weighted by Gasteiger charge is -2.32. The summed E-state index contributed by atoms with van der Waals surface area (Å²) in [6.45, 7) is 4.08. The topological polar surface area (TPSA) is 51.1 Å². The van der Waals surface area contributed by atoms with Gasteiger partial charge in [-0.25, -0.2) is 4.98 Å². The van der Waals surface area contributed by atoms with Gasteiger partial charge in [0.15, 0.2) is 0 Å². The van der Waals surface area contributed by atoms with Crippen LogP contribution in [0, 0.1) is 0 Å². The number of rotatable bonds is 6. The molecule has 0 aliphatic carbocycles. The van der Waals surface area contributed by atoms with E-state index in [4.69, 9.17) is 4.74 Å². The molecular weight excluding hydrogens is 312 g/mol. The van der Waals surface area contributed by atoms with E-state index in [-0.39, 0.29) is 12.4 Å². The van der Waals surface area contributed by atoms with Crippen molar-refractivity contribution in [2.24, 2.45) is 0 Å². The molecule has 0 N–H and O–H groups in total. The standard InChI is InChI=1S/C17H22N4O.ClH/c1-2-5-15(6-3-1)16-7-10-21(11-8-16)9-4-12-22-17-19-13-18-14-20-17;/h1-3,5-6,13-14,16H,4,7-12H2;1H. The highest BCUT2D eigenvalue weighted by molar-refractivity contribution is 5.85. The van der Waals surface area contributed by atoms with Crippen LogP contribution in [0.2, 0.25) is 0 Å². The van der Waals surface area contributed by atoms with Gasteiger partial charge in [-0.05, 0) is 43.8 Å². The monoisotopic (exact) mass is 334 g/mol. The van der Waals surface area contributed by atoms with E-state index in [9.17, 15) is 0 Å². The third kappa shape index (κ3) is 5.44. The highest BCUT2D eigenvalue weighted by atomic mass is 35.5. The summed E-state index contributed by atoms with van der Waals surface area (Å²) in [5.74, 6) is 0.721. The summed E-state index contributed by atoms with van der Waals surface area (Å²) in [6.07, 6.45) is 6.41. The zero-order valence-electron chi connectivity index (χ0n) is 13.2. The van der Waals surface area contributed by atoms with Crippen LogP contribution >= 0.6 is 12.4 Å². The van der Waals surface area contributed by atoms with E-state index >= 15 is 0 Å². The minimum atomic E-state index is 0. The highest BCUT2D eigenvalue weighted by Gasteiger charge is 2.19. The normalized spacial score (nSPS) is 15.8. The van der Waals surface area contributed by atoms with Crippen LogP contribution in [0.3, 0.4) is 0 Å². The zero-order chi connectivity index (χ0) is 15.0. The van der Waals surface area contributed by atoms with Crippen LogP contribution in [-0.4, -0.2) is 46.1 Å². The van der Waals surface area contributed by atoms with Crippen molar-refractivity contribution in [3.63, 3.8) is 0 Å². The zero-order valence-corrected chi connectivity index (χ0v) is 14.0. The van der Waals surface area contributed by atoms with E-state index in [2.05, 4.69) is 50.2 Å². The molecule has 124 valence electrons. The minimum Gasteiger partial charge on any atom is -0.463 e. The highest BCUT2D eigenvalue weighted by Crippen LogP contribution is 2.27. The summed E-state index contributed by atoms with van der Waals surface area (Å²) in [6, 6.07) is 11.3. The summed E-state index contributed by atoms with van der Waals surface area (Å²) in [5.41, 5.74) is 1.49. The Kier molecular flexibility index (Phi) is 7.23. The molecule has 3 rings (SSSR count). The minimum absolute atomic E-state index is 0. The molecule has 1 aromatic heterocycles. The molecule has 5 nitrogen and oxygen atoms in total. The first kappa shape index (κ1) is 17.6. The van der Waals surface area contributed by atoms with Gasteiger partial charge >= 0.3 is 6.01 Å². The fraction of sp³-hybridized carbons (Fsp3) is 0.471. The molecule has 2 heterocycles. The molecular formula is C17H23ClN4O. The predicted molar refractivity (Wildman–Crippen MR) is 92.0 cm³/mol. The Hall–Kier alpha value is -1.72. The molecule has 0 unspecified atom stereocenters. The SMILES string of the molecule is Cl.c1ccc(C2CCN(CCCOc3ncncn3)CC2)cc1. The fourth-order valence-corrected chi connectivity index (χ4v) is 2.97. The molecule has 0 spiro atoms.